The summed E-state index contributed by atoms with van der Waals surface area (Å²) in [6.07, 6.45) is 7.20. The van der Waals surface area contributed by atoms with Crippen molar-refractivity contribution in [3.63, 3.8) is 0 Å². The molecule has 0 aromatic carbocycles. The van der Waals surface area contributed by atoms with Gasteiger partial charge in [-0.3, -0.25) is 10.4 Å². The van der Waals surface area contributed by atoms with E-state index in [-0.39, 0.29) is 5.84 Å². The van der Waals surface area contributed by atoms with Gasteiger partial charge in [-0.25, -0.2) is 0 Å². The number of pyridine rings is 1. The molecule has 0 saturated carbocycles. The standard InChI is InChI=1S/C16H26N4/c1-16(2,3)12-5-4-9-20(10-7-12)14-11-19-8-6-13(14)15(17)18/h6,8,11-12H,4-5,7,9-10H2,1-3H3,(H3,17,18). The number of nitrogens with one attached hydrogen (secondary N) is 1. The third kappa shape index (κ3) is 3.30. The Labute approximate surface area is 121 Å². The molecule has 1 aromatic heterocycles. The van der Waals surface area contributed by atoms with Crippen LogP contribution in [0.1, 0.15) is 45.6 Å². The van der Waals surface area contributed by atoms with Crippen molar-refractivity contribution in [2.45, 2.75) is 40.0 Å². The Morgan fingerprint density at radius 3 is 2.75 bits per heavy atom. The predicted octanol–water partition coefficient (Wildman–Crippen LogP) is 3.02. The van der Waals surface area contributed by atoms with Crippen molar-refractivity contribution in [1.29, 1.82) is 5.41 Å². The molecular formula is C16H26N4. The van der Waals surface area contributed by atoms with Gasteiger partial charge in [0.2, 0.25) is 0 Å². The third-order valence-corrected chi connectivity index (χ3v) is 4.38. The molecule has 4 heteroatoms. The van der Waals surface area contributed by atoms with Crippen LogP contribution in [-0.4, -0.2) is 23.9 Å². The van der Waals surface area contributed by atoms with Crippen molar-refractivity contribution in [2.24, 2.45) is 17.1 Å². The molecule has 1 aliphatic rings. The predicted molar refractivity (Wildman–Crippen MR) is 84.3 cm³/mol. The molecule has 0 spiro atoms. The second-order valence-electron chi connectivity index (χ2n) is 6.79. The minimum absolute atomic E-state index is 0.124. The molecule has 1 unspecified atom stereocenters. The Balaban J connectivity index is 2.17. The number of anilines is 1. The number of hydrogen-bond acceptors (Lipinski definition) is 3. The highest BCUT2D eigenvalue weighted by Crippen LogP contribution is 2.35. The largest absolute Gasteiger partial charge is 0.384 e. The molecule has 4 nitrogen and oxygen atoms in total. The van der Waals surface area contributed by atoms with Crippen molar-refractivity contribution in [1.82, 2.24) is 4.98 Å². The maximum Gasteiger partial charge on any atom is 0.125 e. The molecule has 1 fully saturated rings. The summed E-state index contributed by atoms with van der Waals surface area (Å²) in [4.78, 5) is 6.55. The zero-order valence-electron chi connectivity index (χ0n) is 12.8. The lowest BCUT2D eigenvalue weighted by Crippen LogP contribution is -2.28. The van der Waals surface area contributed by atoms with E-state index < -0.39 is 0 Å². The van der Waals surface area contributed by atoms with Crippen LogP contribution < -0.4 is 10.6 Å². The number of hydrogen-bond donors (Lipinski definition) is 2. The van der Waals surface area contributed by atoms with E-state index in [1.807, 2.05) is 12.3 Å². The minimum Gasteiger partial charge on any atom is -0.384 e. The van der Waals surface area contributed by atoms with Crippen molar-refractivity contribution in [2.75, 3.05) is 18.0 Å². The van der Waals surface area contributed by atoms with Gasteiger partial charge in [-0.05, 0) is 36.7 Å². The summed E-state index contributed by atoms with van der Waals surface area (Å²) < 4.78 is 0. The quantitative estimate of drug-likeness (QED) is 0.643. The number of amidine groups is 1. The molecule has 110 valence electrons. The molecule has 0 bridgehead atoms. The van der Waals surface area contributed by atoms with Crippen molar-refractivity contribution >= 4 is 11.5 Å². The van der Waals surface area contributed by atoms with Crippen LogP contribution in [0.2, 0.25) is 0 Å². The Bertz CT molecular complexity index is 476. The maximum atomic E-state index is 7.71. The Kier molecular flexibility index (Phi) is 4.31. The fraction of sp³-hybridized carbons (Fsp3) is 0.625. The maximum absolute atomic E-state index is 7.71. The Morgan fingerprint density at radius 1 is 1.35 bits per heavy atom. The van der Waals surface area contributed by atoms with E-state index in [0.717, 1.165) is 30.3 Å². The Hall–Kier alpha value is -1.58. The molecule has 1 saturated heterocycles. The van der Waals surface area contributed by atoms with E-state index in [1.54, 1.807) is 6.20 Å². The minimum atomic E-state index is 0.124. The third-order valence-electron chi connectivity index (χ3n) is 4.38. The first-order chi connectivity index (χ1) is 9.39. The lowest BCUT2D eigenvalue weighted by atomic mass is 9.77. The molecule has 0 aliphatic carbocycles. The molecule has 0 amide bonds. The van der Waals surface area contributed by atoms with Gasteiger partial charge in [0.15, 0.2) is 0 Å². The van der Waals surface area contributed by atoms with Gasteiger partial charge >= 0.3 is 0 Å². The Morgan fingerprint density at radius 2 is 2.10 bits per heavy atom. The average molecular weight is 274 g/mol. The highest BCUT2D eigenvalue weighted by atomic mass is 15.1. The van der Waals surface area contributed by atoms with Gasteiger partial charge in [0.1, 0.15) is 5.84 Å². The lowest BCUT2D eigenvalue weighted by Gasteiger charge is -2.30. The number of nitrogens with zero attached hydrogens (tertiary/aromatic N) is 2. The number of rotatable bonds is 2. The van der Waals surface area contributed by atoms with Crippen LogP contribution in [0.25, 0.3) is 0 Å². The topological polar surface area (TPSA) is 66.0 Å². The normalized spacial score (nSPS) is 20.6. The first-order valence-electron chi connectivity index (χ1n) is 7.43. The summed E-state index contributed by atoms with van der Waals surface area (Å²) in [5.41, 5.74) is 7.86. The number of nitrogen functional groups attached to an aromatic ring is 1. The molecular weight excluding hydrogens is 248 g/mol. The van der Waals surface area contributed by atoms with Crippen LogP contribution >= 0.6 is 0 Å². The zero-order chi connectivity index (χ0) is 14.8. The van der Waals surface area contributed by atoms with Gasteiger partial charge in [0.05, 0.1) is 11.9 Å². The molecule has 1 atom stereocenters. The molecule has 2 rings (SSSR count). The van der Waals surface area contributed by atoms with Gasteiger partial charge in [-0.1, -0.05) is 20.8 Å². The van der Waals surface area contributed by atoms with E-state index in [0.29, 0.717) is 5.41 Å². The molecule has 20 heavy (non-hydrogen) atoms. The molecule has 1 aliphatic heterocycles. The first kappa shape index (κ1) is 14.8. The molecule has 3 N–H and O–H groups in total. The fourth-order valence-corrected chi connectivity index (χ4v) is 3.07. The van der Waals surface area contributed by atoms with Crippen molar-refractivity contribution < 1.29 is 0 Å². The smallest absolute Gasteiger partial charge is 0.125 e. The highest BCUT2D eigenvalue weighted by molar-refractivity contribution is 6.00. The monoisotopic (exact) mass is 274 g/mol. The van der Waals surface area contributed by atoms with E-state index >= 15 is 0 Å². The summed E-state index contributed by atoms with van der Waals surface area (Å²) >= 11 is 0. The fourth-order valence-electron chi connectivity index (χ4n) is 3.07. The highest BCUT2D eigenvalue weighted by Gasteiger charge is 2.27. The summed E-state index contributed by atoms with van der Waals surface area (Å²) in [5, 5.41) is 7.71. The summed E-state index contributed by atoms with van der Waals surface area (Å²) in [5.74, 6) is 0.879. The summed E-state index contributed by atoms with van der Waals surface area (Å²) in [6, 6.07) is 1.84. The van der Waals surface area contributed by atoms with Gasteiger partial charge in [-0.2, -0.15) is 0 Å². The number of aromatic nitrogens is 1. The van der Waals surface area contributed by atoms with Gasteiger partial charge < -0.3 is 10.6 Å². The van der Waals surface area contributed by atoms with E-state index in [9.17, 15) is 0 Å². The summed E-state index contributed by atoms with van der Waals surface area (Å²) in [6.45, 7) is 9.04. The van der Waals surface area contributed by atoms with Gasteiger partial charge in [0.25, 0.3) is 0 Å². The van der Waals surface area contributed by atoms with E-state index in [1.165, 1.54) is 19.3 Å². The lowest BCUT2D eigenvalue weighted by molar-refractivity contribution is 0.220. The van der Waals surface area contributed by atoms with Gasteiger partial charge in [-0.15, -0.1) is 0 Å². The molecule has 0 radical (unpaired) electrons. The average Bonchev–Trinajstić information content (AvgIpc) is 2.63. The van der Waals surface area contributed by atoms with Crippen LogP contribution in [0.4, 0.5) is 5.69 Å². The second-order valence-corrected chi connectivity index (χ2v) is 6.79. The van der Waals surface area contributed by atoms with Crippen LogP contribution in [0.3, 0.4) is 0 Å². The first-order valence-corrected chi connectivity index (χ1v) is 7.43. The van der Waals surface area contributed by atoms with Crippen molar-refractivity contribution in [3.8, 4) is 0 Å². The van der Waals surface area contributed by atoms with Crippen LogP contribution in [0.15, 0.2) is 18.5 Å². The molecule has 1 aromatic rings. The molecule has 2 heterocycles. The SMILES string of the molecule is CC(C)(C)C1CCCN(c2cnccc2C(=N)N)CC1. The van der Waals surface area contributed by atoms with Crippen LogP contribution in [-0.2, 0) is 0 Å². The van der Waals surface area contributed by atoms with Gasteiger partial charge in [0, 0.05) is 24.8 Å². The zero-order valence-corrected chi connectivity index (χ0v) is 12.8. The van der Waals surface area contributed by atoms with E-state index in [4.69, 9.17) is 11.1 Å². The van der Waals surface area contributed by atoms with E-state index in [2.05, 4.69) is 30.7 Å². The number of nitrogens with two attached hydrogens (primary N) is 1. The van der Waals surface area contributed by atoms with Crippen molar-refractivity contribution in [3.05, 3.63) is 24.0 Å². The second kappa shape index (κ2) is 5.81. The summed E-state index contributed by atoms with van der Waals surface area (Å²) in [7, 11) is 0. The van der Waals surface area contributed by atoms with Crippen LogP contribution in [0.5, 0.6) is 0 Å². The van der Waals surface area contributed by atoms with Crippen LogP contribution in [0, 0.1) is 16.7 Å².